The largest absolute Gasteiger partial charge is 0.313 e. The molecule has 3 rings (SSSR count). The van der Waals surface area contributed by atoms with Crippen LogP contribution in [-0.2, 0) is 4.79 Å². The number of hydrogen-bond donors (Lipinski definition) is 1. The van der Waals surface area contributed by atoms with Gasteiger partial charge in [-0.05, 0) is 35.4 Å². The molecule has 119 valence electrons. The Balaban J connectivity index is 2.03. The van der Waals surface area contributed by atoms with Gasteiger partial charge in [0, 0.05) is 19.6 Å². The van der Waals surface area contributed by atoms with Crippen LogP contribution in [-0.4, -0.2) is 36.9 Å². The maximum Gasteiger partial charge on any atom is 0.218 e. The maximum atomic E-state index is 13.3. The molecule has 1 unspecified atom stereocenters. The minimum atomic E-state index is -0.399. The first kappa shape index (κ1) is 15.8. The molecule has 5 heteroatoms. The van der Waals surface area contributed by atoms with Crippen molar-refractivity contribution in [1.29, 1.82) is 0 Å². The van der Waals surface area contributed by atoms with E-state index >= 15 is 0 Å². The Hall–Kier alpha value is -2.11. The van der Waals surface area contributed by atoms with Gasteiger partial charge in [-0.25, -0.2) is 8.78 Å². The minimum Gasteiger partial charge on any atom is -0.313 e. The smallest absolute Gasteiger partial charge is 0.218 e. The Morgan fingerprint density at radius 2 is 1.52 bits per heavy atom. The van der Waals surface area contributed by atoms with Crippen molar-refractivity contribution in [3.8, 4) is 0 Å². The van der Waals surface area contributed by atoms with Crippen molar-refractivity contribution in [3.63, 3.8) is 0 Å². The van der Waals surface area contributed by atoms with Crippen molar-refractivity contribution in [2.24, 2.45) is 0 Å². The maximum absolute atomic E-state index is 13.3. The van der Waals surface area contributed by atoms with E-state index < -0.39 is 6.04 Å². The second kappa shape index (κ2) is 6.98. The molecule has 0 saturated carbocycles. The molecule has 2 aromatic rings. The predicted octanol–water partition coefficient (Wildman–Crippen LogP) is 2.44. The molecule has 0 spiro atoms. The Morgan fingerprint density at radius 1 is 1.00 bits per heavy atom. The summed E-state index contributed by atoms with van der Waals surface area (Å²) in [6.45, 7) is 1.92. The van der Waals surface area contributed by atoms with Crippen molar-refractivity contribution in [1.82, 2.24) is 10.2 Å². The molecule has 23 heavy (non-hydrogen) atoms. The predicted molar refractivity (Wildman–Crippen MR) is 83.7 cm³/mol. The van der Waals surface area contributed by atoms with Crippen LogP contribution in [0.3, 0.4) is 0 Å². The lowest BCUT2D eigenvalue weighted by molar-refractivity contribution is 0.162. The van der Waals surface area contributed by atoms with Gasteiger partial charge in [0.05, 0.1) is 12.1 Å². The molecule has 0 aliphatic carbocycles. The number of nitrogens with one attached hydrogen (secondary N) is 1. The second-order valence-corrected chi connectivity index (χ2v) is 5.58. The number of carbonyl (C=O) groups excluding carboxylic acids is 1. The van der Waals surface area contributed by atoms with Gasteiger partial charge in [0.15, 0.2) is 0 Å². The van der Waals surface area contributed by atoms with Crippen molar-refractivity contribution in [2.75, 3.05) is 19.6 Å². The van der Waals surface area contributed by atoms with E-state index in [1.807, 2.05) is 4.90 Å². The molecular formula is C18H17F2N2O. The fourth-order valence-corrected chi connectivity index (χ4v) is 3.00. The monoisotopic (exact) mass is 315 g/mol. The van der Waals surface area contributed by atoms with Gasteiger partial charge in [-0.1, -0.05) is 24.3 Å². The summed E-state index contributed by atoms with van der Waals surface area (Å²) >= 11 is 0. The van der Waals surface area contributed by atoms with Crippen LogP contribution >= 0.6 is 0 Å². The van der Waals surface area contributed by atoms with E-state index in [-0.39, 0.29) is 17.7 Å². The number of rotatable bonds is 4. The fourth-order valence-electron chi connectivity index (χ4n) is 3.00. The topological polar surface area (TPSA) is 32.3 Å². The van der Waals surface area contributed by atoms with Crippen molar-refractivity contribution < 1.29 is 13.6 Å². The summed E-state index contributed by atoms with van der Waals surface area (Å²) in [7, 11) is 0. The highest BCUT2D eigenvalue weighted by molar-refractivity contribution is 5.59. The lowest BCUT2D eigenvalue weighted by Crippen LogP contribution is -2.53. The van der Waals surface area contributed by atoms with E-state index in [1.54, 1.807) is 24.3 Å². The van der Waals surface area contributed by atoms with Crippen LogP contribution in [0.25, 0.3) is 0 Å². The van der Waals surface area contributed by atoms with E-state index in [9.17, 15) is 13.6 Å². The summed E-state index contributed by atoms with van der Waals surface area (Å²) in [4.78, 5) is 13.3. The first-order valence-corrected chi connectivity index (χ1v) is 7.54. The van der Waals surface area contributed by atoms with Crippen LogP contribution < -0.4 is 5.32 Å². The molecular weight excluding hydrogens is 298 g/mol. The van der Waals surface area contributed by atoms with E-state index in [1.165, 1.54) is 24.3 Å². The van der Waals surface area contributed by atoms with Gasteiger partial charge < -0.3 is 5.32 Å². The first-order chi connectivity index (χ1) is 11.2. The third-order valence-corrected chi connectivity index (χ3v) is 4.12. The van der Waals surface area contributed by atoms with E-state index in [0.717, 1.165) is 17.7 Å². The zero-order chi connectivity index (χ0) is 16.2. The van der Waals surface area contributed by atoms with Crippen molar-refractivity contribution >= 4 is 6.29 Å². The lowest BCUT2D eigenvalue weighted by Gasteiger charge is -2.39. The zero-order valence-corrected chi connectivity index (χ0v) is 12.5. The molecule has 1 fully saturated rings. The summed E-state index contributed by atoms with van der Waals surface area (Å²) < 4.78 is 26.5. The summed E-state index contributed by atoms with van der Waals surface area (Å²) in [6.07, 6.45) is 2.06. The Kier molecular flexibility index (Phi) is 4.79. The number of benzene rings is 2. The molecule has 1 atom stereocenters. The van der Waals surface area contributed by atoms with Gasteiger partial charge in [0.25, 0.3) is 0 Å². The fraction of sp³-hybridized carbons (Fsp3) is 0.278. The Morgan fingerprint density at radius 3 is 2.00 bits per heavy atom. The Bertz CT molecular complexity index is 612. The van der Waals surface area contributed by atoms with Gasteiger partial charge in [-0.3, -0.25) is 9.69 Å². The number of nitrogens with zero attached hydrogens (tertiary/aromatic N) is 1. The molecule has 1 aliphatic rings. The van der Waals surface area contributed by atoms with Gasteiger partial charge in [-0.15, -0.1) is 0 Å². The third-order valence-electron chi connectivity index (χ3n) is 4.12. The normalized spacial score (nSPS) is 19.0. The standard InChI is InChI=1S/C18H17F2N2O/c19-15-5-1-13(2-6-15)18(14-3-7-16(20)8-4-14)22-10-9-21-11-17(22)12-23/h1-8,17-18,21H,9-11H2. The molecule has 2 aromatic carbocycles. The van der Waals surface area contributed by atoms with E-state index in [4.69, 9.17) is 0 Å². The molecule has 0 bridgehead atoms. The van der Waals surface area contributed by atoms with Crippen molar-refractivity contribution in [3.05, 3.63) is 71.3 Å². The zero-order valence-electron chi connectivity index (χ0n) is 12.5. The number of piperazine rings is 1. The van der Waals surface area contributed by atoms with Gasteiger partial charge in [-0.2, -0.15) is 0 Å². The van der Waals surface area contributed by atoms with E-state index in [0.29, 0.717) is 13.1 Å². The molecule has 3 nitrogen and oxygen atoms in total. The quantitative estimate of drug-likeness (QED) is 0.940. The summed E-state index contributed by atoms with van der Waals surface area (Å²) in [5.74, 6) is -0.629. The van der Waals surface area contributed by atoms with E-state index in [2.05, 4.69) is 11.6 Å². The van der Waals surface area contributed by atoms with Crippen LogP contribution in [0.2, 0.25) is 0 Å². The van der Waals surface area contributed by atoms with Crippen LogP contribution in [0, 0.1) is 11.6 Å². The van der Waals surface area contributed by atoms with Crippen LogP contribution in [0.5, 0.6) is 0 Å². The second-order valence-electron chi connectivity index (χ2n) is 5.58. The highest BCUT2D eigenvalue weighted by Gasteiger charge is 2.31. The highest BCUT2D eigenvalue weighted by Crippen LogP contribution is 2.31. The number of halogens is 2. The van der Waals surface area contributed by atoms with Crippen molar-refractivity contribution in [2.45, 2.75) is 12.1 Å². The highest BCUT2D eigenvalue weighted by atomic mass is 19.1. The van der Waals surface area contributed by atoms with Gasteiger partial charge >= 0.3 is 0 Å². The molecule has 0 amide bonds. The summed E-state index contributed by atoms with van der Waals surface area (Å²) in [5, 5.41) is 3.17. The molecule has 1 N–H and O–H groups in total. The molecule has 1 aliphatic heterocycles. The molecule has 1 radical (unpaired) electrons. The minimum absolute atomic E-state index is 0.246. The third kappa shape index (κ3) is 3.46. The van der Waals surface area contributed by atoms with Crippen LogP contribution in [0.1, 0.15) is 17.2 Å². The van der Waals surface area contributed by atoms with Crippen LogP contribution in [0.4, 0.5) is 8.78 Å². The number of hydrogen-bond acceptors (Lipinski definition) is 3. The average Bonchev–Trinajstić information content (AvgIpc) is 2.59. The van der Waals surface area contributed by atoms with Gasteiger partial charge in [0.1, 0.15) is 11.6 Å². The lowest BCUT2D eigenvalue weighted by atomic mass is 9.95. The molecule has 0 aromatic heterocycles. The Labute approximate surface area is 133 Å². The van der Waals surface area contributed by atoms with Crippen LogP contribution in [0.15, 0.2) is 48.5 Å². The SMILES string of the molecule is O=[C]C1CNCCN1C(c1ccc(F)cc1)c1ccc(F)cc1. The average molecular weight is 315 g/mol. The molecule has 1 heterocycles. The molecule has 1 saturated heterocycles. The first-order valence-electron chi connectivity index (χ1n) is 7.54. The van der Waals surface area contributed by atoms with Gasteiger partial charge in [0.2, 0.25) is 6.29 Å². The summed E-state index contributed by atoms with van der Waals surface area (Å²) in [6, 6.07) is 11.7. The summed E-state index contributed by atoms with van der Waals surface area (Å²) in [5.41, 5.74) is 1.72.